The lowest BCUT2D eigenvalue weighted by molar-refractivity contribution is 0.375. The van der Waals surface area contributed by atoms with Crippen molar-refractivity contribution in [3.63, 3.8) is 0 Å². The van der Waals surface area contributed by atoms with Crippen LogP contribution in [0.5, 0.6) is 0 Å². The lowest BCUT2D eigenvalue weighted by Crippen LogP contribution is -2.45. The van der Waals surface area contributed by atoms with Crippen LogP contribution in [0, 0.1) is 6.20 Å². The van der Waals surface area contributed by atoms with Crippen LogP contribution in [-0.4, -0.2) is 34.2 Å². The van der Waals surface area contributed by atoms with E-state index >= 15 is 0 Å². The Morgan fingerprint density at radius 2 is 2.12 bits per heavy atom. The first-order valence-corrected chi connectivity index (χ1v) is 6.70. The molecule has 0 unspecified atom stereocenters. The van der Waals surface area contributed by atoms with E-state index in [0.29, 0.717) is 19.5 Å². The first-order valence-electron chi connectivity index (χ1n) is 5.26. The van der Waals surface area contributed by atoms with Gasteiger partial charge in [-0.15, -0.1) is 0 Å². The third-order valence-corrected chi connectivity index (χ3v) is 5.34. The highest BCUT2D eigenvalue weighted by atomic mass is 32.2. The van der Waals surface area contributed by atoms with Gasteiger partial charge in [-0.3, -0.25) is 5.10 Å². The minimum Gasteiger partial charge on any atom is -0.282 e. The summed E-state index contributed by atoms with van der Waals surface area (Å²) in [4.78, 5) is 0. The summed E-state index contributed by atoms with van der Waals surface area (Å²) in [5.41, 5.74) is 1.86. The van der Waals surface area contributed by atoms with Crippen LogP contribution in [-0.2, 0) is 23.0 Å². The molecule has 0 saturated heterocycles. The van der Waals surface area contributed by atoms with Crippen LogP contribution in [0.3, 0.4) is 0 Å². The summed E-state index contributed by atoms with van der Waals surface area (Å²) in [6, 6.07) is 0. The molecule has 1 radical (unpaired) electrons. The number of rotatable bonds is 1. The molecule has 2 rings (SSSR count). The number of sulfonamides is 1. The fourth-order valence-corrected chi connectivity index (χ4v) is 3.13. The van der Waals surface area contributed by atoms with Crippen molar-refractivity contribution in [1.29, 1.82) is 0 Å². The maximum atomic E-state index is 12.2. The normalized spacial score (nSPS) is 18.4. The molecule has 0 spiro atoms. The molecule has 0 bridgehead atoms. The van der Waals surface area contributed by atoms with Gasteiger partial charge < -0.3 is 0 Å². The van der Waals surface area contributed by atoms with E-state index in [-0.39, 0.29) is 0 Å². The summed E-state index contributed by atoms with van der Waals surface area (Å²) in [6.07, 6.45) is 3.48. The van der Waals surface area contributed by atoms with Gasteiger partial charge in [-0.05, 0) is 20.8 Å². The van der Waals surface area contributed by atoms with E-state index in [4.69, 9.17) is 0 Å². The maximum Gasteiger partial charge on any atom is 0.219 e. The van der Waals surface area contributed by atoms with Crippen LogP contribution in [0.4, 0.5) is 0 Å². The van der Waals surface area contributed by atoms with Crippen LogP contribution in [0.25, 0.3) is 0 Å². The lowest BCUT2D eigenvalue weighted by atomic mass is 10.1. The Balaban J connectivity index is 2.28. The SMILES string of the molecule is CC(C)(C)S(=O)(=O)N1CCc2[nH]n[c]c2C1. The number of hydrogen-bond donors (Lipinski definition) is 1. The third kappa shape index (κ3) is 1.76. The van der Waals surface area contributed by atoms with Gasteiger partial charge in [0.15, 0.2) is 0 Å². The third-order valence-electron chi connectivity index (χ3n) is 2.81. The van der Waals surface area contributed by atoms with Crippen LogP contribution >= 0.6 is 0 Å². The highest BCUT2D eigenvalue weighted by molar-refractivity contribution is 7.90. The van der Waals surface area contributed by atoms with Gasteiger partial charge in [0.2, 0.25) is 10.0 Å². The molecule has 1 aliphatic rings. The van der Waals surface area contributed by atoms with Gasteiger partial charge in [-0.25, -0.2) is 8.42 Å². The largest absolute Gasteiger partial charge is 0.282 e. The van der Waals surface area contributed by atoms with Gasteiger partial charge in [0, 0.05) is 30.8 Å². The summed E-state index contributed by atoms with van der Waals surface area (Å²) in [7, 11) is -3.25. The van der Waals surface area contributed by atoms with E-state index in [1.54, 1.807) is 20.8 Å². The molecule has 1 N–H and O–H groups in total. The summed E-state index contributed by atoms with van der Waals surface area (Å²) in [5.74, 6) is 0. The van der Waals surface area contributed by atoms with Crippen molar-refractivity contribution in [2.75, 3.05) is 6.54 Å². The van der Waals surface area contributed by atoms with E-state index in [9.17, 15) is 8.42 Å². The molecule has 5 nitrogen and oxygen atoms in total. The van der Waals surface area contributed by atoms with Crippen LogP contribution in [0.15, 0.2) is 0 Å². The van der Waals surface area contributed by atoms with E-state index in [2.05, 4.69) is 16.4 Å². The molecule has 16 heavy (non-hydrogen) atoms. The summed E-state index contributed by atoms with van der Waals surface area (Å²) >= 11 is 0. The van der Waals surface area contributed by atoms with E-state index in [1.807, 2.05) is 0 Å². The molecule has 1 aromatic heterocycles. The topological polar surface area (TPSA) is 66.1 Å². The molecule has 0 atom stereocenters. The Labute approximate surface area is 95.9 Å². The zero-order valence-corrected chi connectivity index (χ0v) is 10.6. The molecule has 0 amide bonds. The van der Waals surface area contributed by atoms with Crippen molar-refractivity contribution in [3.8, 4) is 0 Å². The number of nitrogens with one attached hydrogen (secondary N) is 1. The first kappa shape index (κ1) is 11.6. The molecular formula is C10H16N3O2S. The molecular weight excluding hydrogens is 226 g/mol. The van der Waals surface area contributed by atoms with Crippen molar-refractivity contribution < 1.29 is 8.42 Å². The van der Waals surface area contributed by atoms with E-state index in [0.717, 1.165) is 11.3 Å². The predicted molar refractivity (Wildman–Crippen MR) is 60.2 cm³/mol. The van der Waals surface area contributed by atoms with Gasteiger partial charge in [0.25, 0.3) is 0 Å². The molecule has 0 aliphatic carbocycles. The van der Waals surface area contributed by atoms with E-state index < -0.39 is 14.8 Å². The number of H-pyrrole nitrogens is 1. The highest BCUT2D eigenvalue weighted by Gasteiger charge is 2.37. The van der Waals surface area contributed by atoms with Gasteiger partial charge >= 0.3 is 0 Å². The molecule has 0 aromatic carbocycles. The Bertz CT molecular complexity index is 484. The molecule has 2 heterocycles. The Morgan fingerprint density at radius 1 is 1.44 bits per heavy atom. The molecule has 6 heteroatoms. The van der Waals surface area contributed by atoms with Gasteiger partial charge in [-0.2, -0.15) is 9.40 Å². The van der Waals surface area contributed by atoms with Crippen molar-refractivity contribution in [1.82, 2.24) is 14.5 Å². The molecule has 1 aromatic rings. The first-order chi connectivity index (χ1) is 7.32. The smallest absolute Gasteiger partial charge is 0.219 e. The number of nitrogens with zero attached hydrogens (tertiary/aromatic N) is 2. The second kappa shape index (κ2) is 3.56. The van der Waals surface area contributed by atoms with Gasteiger partial charge in [-0.1, -0.05) is 0 Å². The Morgan fingerprint density at radius 3 is 2.75 bits per heavy atom. The molecule has 0 fully saturated rings. The van der Waals surface area contributed by atoms with Crippen molar-refractivity contribution in [3.05, 3.63) is 17.5 Å². The minimum absolute atomic E-state index is 0.380. The fourth-order valence-electron chi connectivity index (χ4n) is 1.72. The van der Waals surface area contributed by atoms with Crippen LogP contribution in [0.1, 0.15) is 32.0 Å². The van der Waals surface area contributed by atoms with E-state index in [1.165, 1.54) is 4.31 Å². The molecule has 89 valence electrons. The predicted octanol–water partition coefficient (Wildman–Crippen LogP) is 0.696. The quantitative estimate of drug-likeness (QED) is 0.788. The number of aromatic amines is 1. The van der Waals surface area contributed by atoms with Crippen molar-refractivity contribution >= 4 is 10.0 Å². The lowest BCUT2D eigenvalue weighted by Gasteiger charge is -2.31. The van der Waals surface area contributed by atoms with Crippen LogP contribution in [0.2, 0.25) is 0 Å². The second-order valence-electron chi connectivity index (χ2n) is 4.99. The highest BCUT2D eigenvalue weighted by Crippen LogP contribution is 2.25. The monoisotopic (exact) mass is 242 g/mol. The number of aromatic nitrogens is 2. The number of hydrogen-bond acceptors (Lipinski definition) is 3. The number of fused-ring (bicyclic) bond motifs is 1. The maximum absolute atomic E-state index is 12.2. The van der Waals surface area contributed by atoms with Gasteiger partial charge in [0.1, 0.15) is 6.20 Å². The second-order valence-corrected chi connectivity index (χ2v) is 7.68. The summed E-state index contributed by atoms with van der Waals surface area (Å²) in [5, 5.41) is 6.65. The fraction of sp³-hybridized carbons (Fsp3) is 0.700. The Kier molecular flexibility index (Phi) is 2.58. The minimum atomic E-state index is -3.25. The van der Waals surface area contributed by atoms with Gasteiger partial charge in [0.05, 0.1) is 4.75 Å². The average molecular weight is 242 g/mol. The molecule has 1 aliphatic heterocycles. The summed E-state index contributed by atoms with van der Waals surface area (Å²) in [6.45, 7) is 6.05. The zero-order valence-electron chi connectivity index (χ0n) is 9.74. The Hall–Kier alpha value is -0.880. The van der Waals surface area contributed by atoms with Crippen molar-refractivity contribution in [2.45, 2.75) is 38.5 Å². The van der Waals surface area contributed by atoms with Crippen molar-refractivity contribution in [2.24, 2.45) is 0 Å². The zero-order chi connectivity index (χ0) is 12.0. The standard InChI is InChI=1S/C10H16N3O2S/c1-10(2,3)16(14,15)13-5-4-9-8(7-13)6-11-12-9/h4-5,7H2,1-3H3,(H,11,12). The van der Waals surface area contributed by atoms with Crippen LogP contribution < -0.4 is 0 Å². The average Bonchev–Trinajstić information content (AvgIpc) is 2.61. The molecule has 0 saturated carbocycles. The summed E-state index contributed by atoms with van der Waals surface area (Å²) < 4.78 is 25.2.